The van der Waals surface area contributed by atoms with Crippen molar-refractivity contribution >= 4 is 11.6 Å². The van der Waals surface area contributed by atoms with Crippen molar-refractivity contribution in [2.24, 2.45) is 5.73 Å². The Morgan fingerprint density at radius 3 is 2.63 bits per heavy atom. The van der Waals surface area contributed by atoms with E-state index in [1.807, 2.05) is 12.1 Å². The van der Waals surface area contributed by atoms with Gasteiger partial charge in [0.15, 0.2) is 0 Å². The third-order valence-corrected chi connectivity index (χ3v) is 4.23. The first kappa shape index (κ1) is 14.8. The maximum absolute atomic E-state index is 6.03. The number of benzene rings is 1. The van der Waals surface area contributed by atoms with Gasteiger partial charge in [0.1, 0.15) is 0 Å². The predicted molar refractivity (Wildman–Crippen MR) is 81.5 cm³/mol. The Morgan fingerprint density at radius 2 is 2.00 bits per heavy atom. The molecule has 4 heteroatoms. The fourth-order valence-corrected chi connectivity index (χ4v) is 3.13. The van der Waals surface area contributed by atoms with Crippen LogP contribution < -0.4 is 5.73 Å². The molecule has 2 rings (SSSR count). The largest absolute Gasteiger partial charge is 0.329 e. The van der Waals surface area contributed by atoms with Gasteiger partial charge >= 0.3 is 0 Å². The predicted octanol–water partition coefficient (Wildman–Crippen LogP) is 2.37. The first-order chi connectivity index (χ1) is 9.11. The van der Waals surface area contributed by atoms with Crippen LogP contribution in [0.15, 0.2) is 24.3 Å². The lowest BCUT2D eigenvalue weighted by molar-refractivity contribution is 0.146. The maximum Gasteiger partial charge on any atom is 0.0473 e. The lowest BCUT2D eigenvalue weighted by atomic mass is 10.0. The number of hydrogen-bond acceptors (Lipinski definition) is 3. The van der Waals surface area contributed by atoms with Gasteiger partial charge in [0, 0.05) is 36.7 Å². The van der Waals surface area contributed by atoms with E-state index in [1.165, 1.54) is 18.5 Å². The van der Waals surface area contributed by atoms with Crippen LogP contribution in [0.3, 0.4) is 0 Å². The molecule has 106 valence electrons. The van der Waals surface area contributed by atoms with Crippen molar-refractivity contribution in [3.8, 4) is 0 Å². The molecular formula is C15H24ClN3. The SMILES string of the molecule is CC1CN(C)CCCN1C(CN)c1ccc(Cl)cc1. The van der Waals surface area contributed by atoms with Gasteiger partial charge in [0.25, 0.3) is 0 Å². The summed E-state index contributed by atoms with van der Waals surface area (Å²) < 4.78 is 0. The maximum atomic E-state index is 6.03. The molecule has 1 fully saturated rings. The van der Waals surface area contributed by atoms with Gasteiger partial charge in [-0.3, -0.25) is 4.90 Å². The molecule has 0 spiro atoms. The van der Waals surface area contributed by atoms with E-state index in [-0.39, 0.29) is 0 Å². The molecule has 1 saturated heterocycles. The van der Waals surface area contributed by atoms with Crippen molar-refractivity contribution in [1.82, 2.24) is 9.80 Å². The minimum atomic E-state index is 0.291. The van der Waals surface area contributed by atoms with E-state index in [1.54, 1.807) is 0 Å². The van der Waals surface area contributed by atoms with Crippen molar-refractivity contribution in [2.75, 3.05) is 33.2 Å². The average Bonchev–Trinajstić information content (AvgIpc) is 2.54. The van der Waals surface area contributed by atoms with Crippen LogP contribution in [0.1, 0.15) is 24.9 Å². The van der Waals surface area contributed by atoms with Crippen molar-refractivity contribution in [1.29, 1.82) is 0 Å². The number of nitrogens with two attached hydrogens (primary N) is 1. The van der Waals surface area contributed by atoms with E-state index in [4.69, 9.17) is 17.3 Å². The number of halogens is 1. The standard InChI is InChI=1S/C15H24ClN3/c1-12-11-18(2)8-3-9-19(12)15(10-17)13-4-6-14(16)7-5-13/h4-7,12,15H,3,8-11,17H2,1-2H3. The Labute approximate surface area is 121 Å². The van der Waals surface area contributed by atoms with Crippen molar-refractivity contribution in [3.63, 3.8) is 0 Å². The van der Waals surface area contributed by atoms with Gasteiger partial charge in [0.2, 0.25) is 0 Å². The highest BCUT2D eigenvalue weighted by atomic mass is 35.5. The molecule has 0 radical (unpaired) electrons. The summed E-state index contributed by atoms with van der Waals surface area (Å²) in [5.74, 6) is 0. The van der Waals surface area contributed by atoms with E-state index in [9.17, 15) is 0 Å². The Kier molecular flexibility index (Phi) is 5.22. The van der Waals surface area contributed by atoms with Crippen molar-refractivity contribution in [3.05, 3.63) is 34.9 Å². The van der Waals surface area contributed by atoms with Gasteiger partial charge in [0.05, 0.1) is 0 Å². The van der Waals surface area contributed by atoms with Gasteiger partial charge < -0.3 is 10.6 Å². The summed E-state index contributed by atoms with van der Waals surface area (Å²) in [5, 5.41) is 0.781. The van der Waals surface area contributed by atoms with Crippen LogP contribution in [-0.2, 0) is 0 Å². The second-order valence-electron chi connectivity index (χ2n) is 5.51. The third kappa shape index (κ3) is 3.69. The topological polar surface area (TPSA) is 32.5 Å². The van der Waals surface area contributed by atoms with Crippen LogP contribution in [-0.4, -0.2) is 49.1 Å². The molecule has 19 heavy (non-hydrogen) atoms. The summed E-state index contributed by atoms with van der Waals surface area (Å²) in [7, 11) is 2.19. The van der Waals surface area contributed by atoms with Gasteiger partial charge in [-0.05, 0) is 44.6 Å². The lowest BCUT2D eigenvalue weighted by Gasteiger charge is -2.35. The summed E-state index contributed by atoms with van der Waals surface area (Å²) in [4.78, 5) is 4.94. The van der Waals surface area contributed by atoms with Crippen LogP contribution in [0.5, 0.6) is 0 Å². The highest BCUT2D eigenvalue weighted by Gasteiger charge is 2.26. The van der Waals surface area contributed by atoms with Gasteiger partial charge in [-0.1, -0.05) is 23.7 Å². The van der Waals surface area contributed by atoms with Gasteiger partial charge in [-0.2, -0.15) is 0 Å². The fraction of sp³-hybridized carbons (Fsp3) is 0.600. The molecule has 0 saturated carbocycles. The lowest BCUT2D eigenvalue weighted by Crippen LogP contribution is -2.42. The minimum Gasteiger partial charge on any atom is -0.329 e. The average molecular weight is 282 g/mol. The second-order valence-corrected chi connectivity index (χ2v) is 5.94. The van der Waals surface area contributed by atoms with Crippen molar-refractivity contribution in [2.45, 2.75) is 25.4 Å². The zero-order valence-corrected chi connectivity index (χ0v) is 12.6. The molecule has 3 nitrogen and oxygen atoms in total. The van der Waals surface area contributed by atoms with E-state index in [0.717, 1.165) is 18.1 Å². The summed E-state index contributed by atoms with van der Waals surface area (Å²) in [6.45, 7) is 6.31. The van der Waals surface area contributed by atoms with E-state index < -0.39 is 0 Å². The molecule has 2 unspecified atom stereocenters. The smallest absolute Gasteiger partial charge is 0.0473 e. The van der Waals surface area contributed by atoms with Crippen molar-refractivity contribution < 1.29 is 0 Å². The summed E-state index contributed by atoms with van der Waals surface area (Å²) in [5.41, 5.74) is 7.30. The molecule has 1 heterocycles. The first-order valence-corrected chi connectivity index (χ1v) is 7.39. The molecule has 0 aromatic heterocycles. The summed E-state index contributed by atoms with van der Waals surface area (Å²) >= 11 is 5.97. The molecule has 0 aliphatic carbocycles. The van der Waals surface area contributed by atoms with Crippen LogP contribution in [0, 0.1) is 0 Å². The molecule has 0 bridgehead atoms. The molecule has 2 N–H and O–H groups in total. The normalized spacial score (nSPS) is 24.1. The number of nitrogens with zero attached hydrogens (tertiary/aromatic N) is 2. The van der Waals surface area contributed by atoms with Crippen LogP contribution in [0.4, 0.5) is 0 Å². The molecule has 2 atom stereocenters. The monoisotopic (exact) mass is 281 g/mol. The Bertz CT molecular complexity index is 393. The zero-order chi connectivity index (χ0) is 13.8. The molecule has 1 aromatic rings. The van der Waals surface area contributed by atoms with Crippen LogP contribution >= 0.6 is 11.6 Å². The first-order valence-electron chi connectivity index (χ1n) is 7.01. The number of hydrogen-bond donors (Lipinski definition) is 1. The van der Waals surface area contributed by atoms with Gasteiger partial charge in [-0.25, -0.2) is 0 Å². The molecular weight excluding hydrogens is 258 g/mol. The minimum absolute atomic E-state index is 0.291. The highest BCUT2D eigenvalue weighted by Crippen LogP contribution is 2.25. The fourth-order valence-electron chi connectivity index (χ4n) is 3.00. The third-order valence-electron chi connectivity index (χ3n) is 3.98. The number of likely N-dealkylation sites (N-methyl/N-ethyl adjacent to an activating group) is 1. The molecule has 1 aliphatic heterocycles. The Hall–Kier alpha value is -0.610. The zero-order valence-electron chi connectivity index (χ0n) is 11.8. The van der Waals surface area contributed by atoms with E-state index >= 15 is 0 Å². The Balaban J connectivity index is 2.18. The van der Waals surface area contributed by atoms with Crippen LogP contribution in [0.25, 0.3) is 0 Å². The second kappa shape index (κ2) is 6.71. The highest BCUT2D eigenvalue weighted by molar-refractivity contribution is 6.30. The molecule has 0 amide bonds. The van der Waals surface area contributed by atoms with Gasteiger partial charge in [-0.15, -0.1) is 0 Å². The van der Waals surface area contributed by atoms with E-state index in [2.05, 4.69) is 35.9 Å². The Morgan fingerprint density at radius 1 is 1.32 bits per heavy atom. The van der Waals surface area contributed by atoms with Crippen LogP contribution in [0.2, 0.25) is 5.02 Å². The quantitative estimate of drug-likeness (QED) is 0.923. The summed E-state index contributed by atoms with van der Waals surface area (Å²) in [6, 6.07) is 8.92. The number of rotatable bonds is 3. The summed E-state index contributed by atoms with van der Waals surface area (Å²) in [6.07, 6.45) is 1.20. The molecule has 1 aromatic carbocycles. The molecule has 1 aliphatic rings. The van der Waals surface area contributed by atoms with E-state index in [0.29, 0.717) is 18.6 Å².